The molecular formula is C14H12BrNOS. The molecule has 0 heterocycles. The summed E-state index contributed by atoms with van der Waals surface area (Å²) in [7, 11) is 0. The number of hydrogen-bond acceptors (Lipinski definition) is 2. The van der Waals surface area contributed by atoms with E-state index in [1.165, 1.54) is 0 Å². The van der Waals surface area contributed by atoms with E-state index in [-0.39, 0.29) is 0 Å². The zero-order valence-corrected chi connectivity index (χ0v) is 12.2. The van der Waals surface area contributed by atoms with Crippen LogP contribution in [-0.2, 0) is 0 Å². The molecule has 0 aromatic heterocycles. The van der Waals surface area contributed by atoms with Gasteiger partial charge in [-0.2, -0.15) is 0 Å². The van der Waals surface area contributed by atoms with Gasteiger partial charge < -0.3 is 10.5 Å². The molecule has 0 saturated heterocycles. The first kappa shape index (κ1) is 13.1. The van der Waals surface area contributed by atoms with E-state index in [2.05, 4.69) is 15.9 Å². The predicted octanol–water partition coefficient (Wildman–Crippen LogP) is 4.18. The van der Waals surface area contributed by atoms with Gasteiger partial charge in [-0.25, -0.2) is 0 Å². The molecule has 0 aliphatic carbocycles. The minimum atomic E-state index is 0.390. The highest BCUT2D eigenvalue weighted by atomic mass is 79.9. The van der Waals surface area contributed by atoms with Crippen LogP contribution in [0.15, 0.2) is 46.9 Å². The van der Waals surface area contributed by atoms with Gasteiger partial charge in [0.25, 0.3) is 0 Å². The molecule has 2 aromatic carbocycles. The zero-order valence-electron chi connectivity index (χ0n) is 9.81. The Balaban J connectivity index is 2.18. The zero-order chi connectivity index (χ0) is 13.1. The Labute approximate surface area is 120 Å². The highest BCUT2D eigenvalue weighted by Crippen LogP contribution is 2.26. The standard InChI is InChI=1S/C14H12BrNOS/c1-9-8-12(6-7-13(9)15)17-11-4-2-10(3-5-11)14(16)18/h2-8H,1H3,(H2,16,18). The van der Waals surface area contributed by atoms with Gasteiger partial charge in [-0.05, 0) is 55.0 Å². The first-order chi connectivity index (χ1) is 8.56. The predicted molar refractivity (Wildman–Crippen MR) is 81.3 cm³/mol. The minimum absolute atomic E-state index is 0.390. The second kappa shape index (κ2) is 5.50. The molecule has 0 amide bonds. The molecule has 18 heavy (non-hydrogen) atoms. The number of thiocarbonyl (C=S) groups is 1. The molecule has 0 saturated carbocycles. The second-order valence-corrected chi connectivity index (χ2v) is 5.20. The van der Waals surface area contributed by atoms with Gasteiger partial charge >= 0.3 is 0 Å². The summed E-state index contributed by atoms with van der Waals surface area (Å²) >= 11 is 8.35. The lowest BCUT2D eigenvalue weighted by molar-refractivity contribution is 0.482. The van der Waals surface area contributed by atoms with Crippen molar-refractivity contribution in [2.24, 2.45) is 5.73 Å². The molecule has 2 aromatic rings. The van der Waals surface area contributed by atoms with Crippen molar-refractivity contribution < 1.29 is 4.74 Å². The van der Waals surface area contributed by atoms with Gasteiger partial charge in [-0.3, -0.25) is 0 Å². The molecule has 0 fully saturated rings. The van der Waals surface area contributed by atoms with Gasteiger partial charge in [0.15, 0.2) is 0 Å². The van der Waals surface area contributed by atoms with Gasteiger partial charge in [-0.1, -0.05) is 28.1 Å². The van der Waals surface area contributed by atoms with E-state index in [9.17, 15) is 0 Å². The van der Waals surface area contributed by atoms with Gasteiger partial charge in [-0.15, -0.1) is 0 Å². The van der Waals surface area contributed by atoms with E-state index in [1.54, 1.807) is 0 Å². The van der Waals surface area contributed by atoms with E-state index < -0.39 is 0 Å². The fourth-order valence-electron chi connectivity index (χ4n) is 1.50. The fraction of sp³-hybridized carbons (Fsp3) is 0.0714. The Bertz CT molecular complexity index is 581. The average Bonchev–Trinajstić information content (AvgIpc) is 2.34. The van der Waals surface area contributed by atoms with E-state index in [0.29, 0.717) is 4.99 Å². The third kappa shape index (κ3) is 3.09. The summed E-state index contributed by atoms with van der Waals surface area (Å²) in [6.07, 6.45) is 0. The van der Waals surface area contributed by atoms with Gasteiger partial charge in [0.2, 0.25) is 0 Å². The van der Waals surface area contributed by atoms with Crippen LogP contribution in [0.3, 0.4) is 0 Å². The largest absolute Gasteiger partial charge is 0.457 e. The van der Waals surface area contributed by atoms with Crippen LogP contribution in [0, 0.1) is 6.92 Å². The first-order valence-corrected chi connectivity index (χ1v) is 6.60. The highest BCUT2D eigenvalue weighted by molar-refractivity contribution is 9.10. The normalized spacial score (nSPS) is 10.1. The Morgan fingerprint density at radius 2 is 1.72 bits per heavy atom. The molecule has 0 spiro atoms. The molecule has 2 rings (SSSR count). The maximum atomic E-state index is 5.74. The molecule has 2 N–H and O–H groups in total. The summed E-state index contributed by atoms with van der Waals surface area (Å²) < 4.78 is 6.81. The topological polar surface area (TPSA) is 35.2 Å². The van der Waals surface area contributed by atoms with Crippen molar-refractivity contribution in [1.82, 2.24) is 0 Å². The maximum absolute atomic E-state index is 5.74. The Hall–Kier alpha value is -1.39. The van der Waals surface area contributed by atoms with Crippen molar-refractivity contribution in [3.8, 4) is 11.5 Å². The molecule has 0 bridgehead atoms. The third-order valence-corrected chi connectivity index (χ3v) is 3.63. The number of ether oxygens (including phenoxy) is 1. The van der Waals surface area contributed by atoms with Crippen molar-refractivity contribution in [3.05, 3.63) is 58.1 Å². The summed E-state index contributed by atoms with van der Waals surface area (Å²) in [4.78, 5) is 0.390. The van der Waals surface area contributed by atoms with Crippen LogP contribution in [-0.4, -0.2) is 4.99 Å². The third-order valence-electron chi connectivity index (χ3n) is 2.50. The lowest BCUT2D eigenvalue weighted by Gasteiger charge is -2.08. The Morgan fingerprint density at radius 3 is 2.28 bits per heavy atom. The monoisotopic (exact) mass is 321 g/mol. The number of aryl methyl sites for hydroxylation is 1. The van der Waals surface area contributed by atoms with Crippen LogP contribution in [0.2, 0.25) is 0 Å². The number of rotatable bonds is 3. The maximum Gasteiger partial charge on any atom is 0.127 e. The van der Waals surface area contributed by atoms with E-state index in [4.69, 9.17) is 22.7 Å². The lowest BCUT2D eigenvalue weighted by atomic mass is 10.2. The van der Waals surface area contributed by atoms with Crippen LogP contribution >= 0.6 is 28.1 Å². The van der Waals surface area contributed by atoms with Gasteiger partial charge in [0.1, 0.15) is 16.5 Å². The van der Waals surface area contributed by atoms with Crippen molar-refractivity contribution in [1.29, 1.82) is 0 Å². The van der Waals surface area contributed by atoms with Crippen molar-refractivity contribution in [2.45, 2.75) is 6.92 Å². The average molecular weight is 322 g/mol. The van der Waals surface area contributed by atoms with Crippen LogP contribution < -0.4 is 10.5 Å². The number of benzene rings is 2. The van der Waals surface area contributed by atoms with Gasteiger partial charge in [0, 0.05) is 10.0 Å². The Kier molecular flexibility index (Phi) is 3.99. The molecular weight excluding hydrogens is 310 g/mol. The minimum Gasteiger partial charge on any atom is -0.457 e. The summed E-state index contributed by atoms with van der Waals surface area (Å²) in [6, 6.07) is 13.3. The molecule has 0 aliphatic rings. The molecule has 92 valence electrons. The van der Waals surface area contributed by atoms with Crippen molar-refractivity contribution >= 4 is 33.1 Å². The number of hydrogen-bond donors (Lipinski definition) is 1. The van der Waals surface area contributed by atoms with E-state index >= 15 is 0 Å². The Morgan fingerprint density at radius 1 is 1.11 bits per heavy atom. The van der Waals surface area contributed by atoms with Crippen molar-refractivity contribution in [2.75, 3.05) is 0 Å². The fourth-order valence-corrected chi connectivity index (χ4v) is 1.89. The van der Waals surface area contributed by atoms with Crippen LogP contribution in [0.25, 0.3) is 0 Å². The SMILES string of the molecule is Cc1cc(Oc2ccc(C(N)=S)cc2)ccc1Br. The smallest absolute Gasteiger partial charge is 0.127 e. The second-order valence-electron chi connectivity index (χ2n) is 3.90. The van der Waals surface area contributed by atoms with Crippen LogP contribution in [0.1, 0.15) is 11.1 Å². The molecule has 0 atom stereocenters. The number of nitrogens with two attached hydrogens (primary N) is 1. The van der Waals surface area contributed by atoms with Crippen LogP contribution in [0.5, 0.6) is 11.5 Å². The molecule has 0 aliphatic heterocycles. The summed E-state index contributed by atoms with van der Waals surface area (Å²) in [6.45, 7) is 2.02. The highest BCUT2D eigenvalue weighted by Gasteiger charge is 2.01. The van der Waals surface area contributed by atoms with Gasteiger partial charge in [0.05, 0.1) is 0 Å². The molecule has 4 heteroatoms. The van der Waals surface area contributed by atoms with E-state index in [1.807, 2.05) is 49.4 Å². The number of halogens is 1. The van der Waals surface area contributed by atoms with Crippen molar-refractivity contribution in [3.63, 3.8) is 0 Å². The quantitative estimate of drug-likeness (QED) is 0.861. The first-order valence-electron chi connectivity index (χ1n) is 5.40. The summed E-state index contributed by atoms with van der Waals surface area (Å²) in [5.74, 6) is 1.57. The van der Waals surface area contributed by atoms with Crippen LogP contribution in [0.4, 0.5) is 0 Å². The van der Waals surface area contributed by atoms with E-state index in [0.717, 1.165) is 27.1 Å². The lowest BCUT2D eigenvalue weighted by Crippen LogP contribution is -2.08. The summed E-state index contributed by atoms with van der Waals surface area (Å²) in [5.41, 5.74) is 7.51. The molecule has 0 unspecified atom stereocenters. The molecule has 2 nitrogen and oxygen atoms in total. The summed E-state index contributed by atoms with van der Waals surface area (Å²) in [5, 5.41) is 0. The molecule has 0 radical (unpaired) electrons.